The minimum atomic E-state index is -0.565. The summed E-state index contributed by atoms with van der Waals surface area (Å²) < 4.78 is 15.7. The van der Waals surface area contributed by atoms with Crippen LogP contribution in [0.2, 0.25) is 0 Å². The molecule has 1 fully saturated rings. The molecule has 0 aliphatic carbocycles. The molecule has 1 aliphatic heterocycles. The lowest BCUT2D eigenvalue weighted by Gasteiger charge is -2.32. The van der Waals surface area contributed by atoms with Gasteiger partial charge < -0.3 is 29.7 Å². The van der Waals surface area contributed by atoms with Crippen molar-refractivity contribution in [2.24, 2.45) is 5.92 Å². The first-order valence-electron chi connectivity index (χ1n) is 11.3. The lowest BCUT2D eigenvalue weighted by molar-refractivity contribution is -0.132. The van der Waals surface area contributed by atoms with Gasteiger partial charge in [-0.3, -0.25) is 9.59 Å². The van der Waals surface area contributed by atoms with Crippen LogP contribution in [-0.2, 0) is 20.7 Å². The number of alkyl carbamates (subject to hydrolysis) is 1. The normalized spacial score (nSPS) is 14.4. The molecule has 1 aromatic rings. The number of carbonyl (C=O) groups excluding carboxylic acids is 3. The molecular formula is C24H37N3O6. The number of methoxy groups -OCH3 is 2. The topological polar surface area (TPSA) is 106 Å². The van der Waals surface area contributed by atoms with Gasteiger partial charge >= 0.3 is 6.09 Å². The van der Waals surface area contributed by atoms with Gasteiger partial charge in [-0.15, -0.1) is 0 Å². The molecule has 9 nitrogen and oxygen atoms in total. The Morgan fingerprint density at radius 3 is 2.30 bits per heavy atom. The fourth-order valence-electron chi connectivity index (χ4n) is 3.60. The number of piperidine rings is 1. The summed E-state index contributed by atoms with van der Waals surface area (Å²) in [7, 11) is 3.15. The first kappa shape index (κ1) is 26.3. The van der Waals surface area contributed by atoms with E-state index in [0.717, 1.165) is 18.4 Å². The Hall–Kier alpha value is -2.97. The average molecular weight is 464 g/mol. The van der Waals surface area contributed by atoms with Gasteiger partial charge in [0.25, 0.3) is 0 Å². The second kappa shape index (κ2) is 12.3. The summed E-state index contributed by atoms with van der Waals surface area (Å²) in [5, 5.41) is 5.50. The van der Waals surface area contributed by atoms with E-state index >= 15 is 0 Å². The van der Waals surface area contributed by atoms with Crippen molar-refractivity contribution in [2.75, 3.05) is 40.4 Å². The Kier molecular flexibility index (Phi) is 9.81. The number of hydrogen-bond acceptors (Lipinski definition) is 6. The average Bonchev–Trinajstić information content (AvgIpc) is 2.76. The molecule has 2 N–H and O–H groups in total. The predicted molar refractivity (Wildman–Crippen MR) is 124 cm³/mol. The molecule has 0 saturated carbocycles. The molecule has 0 spiro atoms. The van der Waals surface area contributed by atoms with E-state index in [2.05, 4.69) is 10.6 Å². The van der Waals surface area contributed by atoms with Crippen LogP contribution in [0.3, 0.4) is 0 Å². The van der Waals surface area contributed by atoms with E-state index in [9.17, 15) is 14.4 Å². The standard InChI is InChI=1S/C24H37N3O6/c1-24(2,3)33-23(30)25-11-8-21(28)26-16-17-9-12-27(13-10-17)22(29)15-18-6-7-19(31-4)20(14-18)32-5/h6-7,14,17H,8-13,15-16H2,1-5H3,(H,25,30)(H,26,28). The predicted octanol–water partition coefficient (Wildman–Crippen LogP) is 2.52. The summed E-state index contributed by atoms with van der Waals surface area (Å²) in [6.07, 6.45) is 1.66. The summed E-state index contributed by atoms with van der Waals surface area (Å²) >= 11 is 0. The van der Waals surface area contributed by atoms with Gasteiger partial charge in [-0.25, -0.2) is 4.79 Å². The Balaban J connectivity index is 1.66. The third-order valence-electron chi connectivity index (χ3n) is 5.38. The number of rotatable bonds is 9. The van der Waals surface area contributed by atoms with Crippen LogP contribution in [0.4, 0.5) is 4.79 Å². The Morgan fingerprint density at radius 2 is 1.70 bits per heavy atom. The quantitative estimate of drug-likeness (QED) is 0.583. The lowest BCUT2D eigenvalue weighted by Crippen LogP contribution is -2.42. The maximum atomic E-state index is 12.7. The zero-order valence-electron chi connectivity index (χ0n) is 20.4. The first-order chi connectivity index (χ1) is 15.6. The van der Waals surface area contributed by atoms with Gasteiger partial charge in [0.2, 0.25) is 11.8 Å². The first-order valence-corrected chi connectivity index (χ1v) is 11.3. The van der Waals surface area contributed by atoms with E-state index in [1.54, 1.807) is 41.1 Å². The number of nitrogens with one attached hydrogen (secondary N) is 2. The molecule has 3 amide bonds. The number of benzene rings is 1. The highest BCUT2D eigenvalue weighted by atomic mass is 16.6. The van der Waals surface area contributed by atoms with Crippen LogP contribution in [-0.4, -0.2) is 68.8 Å². The van der Waals surface area contributed by atoms with E-state index in [4.69, 9.17) is 14.2 Å². The van der Waals surface area contributed by atoms with E-state index in [1.807, 2.05) is 17.0 Å². The zero-order valence-corrected chi connectivity index (χ0v) is 20.4. The summed E-state index contributed by atoms with van der Waals surface area (Å²) in [5.41, 5.74) is 0.316. The molecule has 1 aromatic carbocycles. The largest absolute Gasteiger partial charge is 0.493 e. The minimum Gasteiger partial charge on any atom is -0.493 e. The van der Waals surface area contributed by atoms with Gasteiger partial charge in [0.05, 0.1) is 20.6 Å². The number of carbonyl (C=O) groups is 3. The maximum absolute atomic E-state index is 12.7. The van der Waals surface area contributed by atoms with Crippen LogP contribution in [0.5, 0.6) is 11.5 Å². The molecule has 0 aromatic heterocycles. The van der Waals surface area contributed by atoms with Crippen LogP contribution in [0.15, 0.2) is 18.2 Å². The minimum absolute atomic E-state index is 0.0814. The summed E-state index contributed by atoms with van der Waals surface area (Å²) in [4.78, 5) is 38.2. The van der Waals surface area contributed by atoms with Gasteiger partial charge in [0.15, 0.2) is 11.5 Å². The molecule has 1 heterocycles. The van der Waals surface area contributed by atoms with Crippen molar-refractivity contribution < 1.29 is 28.6 Å². The van der Waals surface area contributed by atoms with Crippen molar-refractivity contribution >= 4 is 17.9 Å². The van der Waals surface area contributed by atoms with Gasteiger partial charge in [-0.1, -0.05) is 6.07 Å². The van der Waals surface area contributed by atoms with Crippen LogP contribution >= 0.6 is 0 Å². The van der Waals surface area contributed by atoms with Crippen molar-refractivity contribution in [2.45, 2.75) is 52.1 Å². The fraction of sp³-hybridized carbons (Fsp3) is 0.625. The highest BCUT2D eigenvalue weighted by Gasteiger charge is 2.23. The lowest BCUT2D eigenvalue weighted by atomic mass is 9.96. The third-order valence-corrected chi connectivity index (χ3v) is 5.38. The number of ether oxygens (including phenoxy) is 3. The Labute approximate surface area is 196 Å². The van der Waals surface area contributed by atoms with Crippen LogP contribution < -0.4 is 20.1 Å². The Bertz CT molecular complexity index is 813. The third kappa shape index (κ3) is 9.19. The number of nitrogens with zero attached hydrogens (tertiary/aromatic N) is 1. The molecule has 0 unspecified atom stereocenters. The molecule has 0 radical (unpaired) electrons. The Morgan fingerprint density at radius 1 is 1.03 bits per heavy atom. The van der Waals surface area contributed by atoms with Crippen LogP contribution in [0.1, 0.15) is 45.6 Å². The molecule has 33 heavy (non-hydrogen) atoms. The molecular weight excluding hydrogens is 426 g/mol. The molecule has 1 saturated heterocycles. The summed E-state index contributed by atoms with van der Waals surface area (Å²) in [5.74, 6) is 1.55. The highest BCUT2D eigenvalue weighted by molar-refractivity contribution is 5.79. The zero-order chi connectivity index (χ0) is 24.4. The van der Waals surface area contributed by atoms with Gasteiger partial charge in [-0.2, -0.15) is 0 Å². The maximum Gasteiger partial charge on any atom is 0.407 e. The van der Waals surface area contributed by atoms with Gasteiger partial charge in [0.1, 0.15) is 5.60 Å². The van der Waals surface area contributed by atoms with Crippen molar-refractivity contribution in [1.82, 2.24) is 15.5 Å². The van der Waals surface area contributed by atoms with Gasteiger partial charge in [-0.05, 0) is 57.2 Å². The number of likely N-dealkylation sites (tertiary alicyclic amines) is 1. The molecule has 9 heteroatoms. The molecule has 2 rings (SSSR count). The van der Waals surface area contributed by atoms with E-state index in [0.29, 0.717) is 43.5 Å². The highest BCUT2D eigenvalue weighted by Crippen LogP contribution is 2.28. The molecule has 1 aliphatic rings. The van der Waals surface area contributed by atoms with Crippen molar-refractivity contribution in [3.8, 4) is 11.5 Å². The van der Waals surface area contributed by atoms with Crippen molar-refractivity contribution in [1.29, 1.82) is 0 Å². The number of amides is 3. The second-order valence-electron chi connectivity index (χ2n) is 9.17. The summed E-state index contributed by atoms with van der Waals surface area (Å²) in [6, 6.07) is 5.51. The molecule has 184 valence electrons. The van der Waals surface area contributed by atoms with Crippen LogP contribution in [0.25, 0.3) is 0 Å². The van der Waals surface area contributed by atoms with Gasteiger partial charge in [0, 0.05) is 32.6 Å². The smallest absolute Gasteiger partial charge is 0.407 e. The van der Waals surface area contributed by atoms with E-state index < -0.39 is 11.7 Å². The molecule has 0 bridgehead atoms. The SMILES string of the molecule is COc1ccc(CC(=O)N2CCC(CNC(=O)CCNC(=O)OC(C)(C)C)CC2)cc1OC. The number of hydrogen-bond donors (Lipinski definition) is 2. The van der Waals surface area contributed by atoms with Crippen molar-refractivity contribution in [3.05, 3.63) is 23.8 Å². The monoisotopic (exact) mass is 463 g/mol. The van der Waals surface area contributed by atoms with E-state index in [-0.39, 0.29) is 24.8 Å². The summed E-state index contributed by atoms with van der Waals surface area (Å²) in [6.45, 7) is 7.50. The van der Waals surface area contributed by atoms with E-state index in [1.165, 1.54) is 0 Å². The van der Waals surface area contributed by atoms with Crippen molar-refractivity contribution in [3.63, 3.8) is 0 Å². The second-order valence-corrected chi connectivity index (χ2v) is 9.17. The van der Waals surface area contributed by atoms with Crippen LogP contribution in [0, 0.1) is 5.92 Å². The molecule has 0 atom stereocenters. The fourth-order valence-corrected chi connectivity index (χ4v) is 3.60.